The smallest absolute Gasteiger partial charge is 0.224 e. The fraction of sp³-hybridized carbons (Fsp3) is 0.500. The molecule has 0 fully saturated rings. The average molecular weight is 303 g/mol. The number of benzene rings is 1. The molecule has 5 heteroatoms. The van der Waals surface area contributed by atoms with Crippen LogP contribution in [-0.2, 0) is 11.2 Å². The van der Waals surface area contributed by atoms with Gasteiger partial charge in [-0.3, -0.25) is 4.79 Å². The highest BCUT2D eigenvalue weighted by Crippen LogP contribution is 2.22. The Bertz CT molecular complexity index is 435. The number of nitrogens with one attached hydrogen (secondary N) is 1. The lowest BCUT2D eigenvalue weighted by Crippen LogP contribution is -2.41. The highest BCUT2D eigenvalue weighted by atomic mass is 35.5. The van der Waals surface area contributed by atoms with Crippen LogP contribution >= 0.6 is 23.2 Å². The Balaban J connectivity index is 2.56. The summed E-state index contributed by atoms with van der Waals surface area (Å²) in [7, 11) is 0. The van der Waals surface area contributed by atoms with E-state index in [0.29, 0.717) is 22.5 Å². The minimum Gasteiger partial charge on any atom is -0.352 e. The van der Waals surface area contributed by atoms with Gasteiger partial charge < -0.3 is 11.1 Å². The lowest BCUT2D eigenvalue weighted by atomic mass is 10.0. The van der Waals surface area contributed by atoms with E-state index in [1.165, 1.54) is 0 Å². The topological polar surface area (TPSA) is 55.1 Å². The van der Waals surface area contributed by atoms with Gasteiger partial charge in [-0.2, -0.15) is 0 Å². The van der Waals surface area contributed by atoms with Crippen LogP contribution in [0.25, 0.3) is 0 Å². The van der Waals surface area contributed by atoms with Gasteiger partial charge in [-0.25, -0.2) is 0 Å². The second-order valence-electron chi connectivity index (χ2n) is 5.05. The highest BCUT2D eigenvalue weighted by molar-refractivity contribution is 6.42. The van der Waals surface area contributed by atoms with Crippen molar-refractivity contribution in [2.75, 3.05) is 6.54 Å². The molecule has 0 spiro atoms. The summed E-state index contributed by atoms with van der Waals surface area (Å²) in [5.74, 6) is 0.452. The molecule has 19 heavy (non-hydrogen) atoms. The molecule has 1 rings (SSSR count). The fourth-order valence-electron chi connectivity index (χ4n) is 1.90. The Morgan fingerprint density at radius 1 is 1.32 bits per heavy atom. The van der Waals surface area contributed by atoms with E-state index in [-0.39, 0.29) is 18.4 Å². The molecular formula is C14H20Cl2N2O. The summed E-state index contributed by atoms with van der Waals surface area (Å²) in [5, 5.41) is 3.89. The highest BCUT2D eigenvalue weighted by Gasteiger charge is 2.13. The molecular weight excluding hydrogens is 283 g/mol. The second kappa shape index (κ2) is 7.73. The summed E-state index contributed by atoms with van der Waals surface area (Å²) in [4.78, 5) is 11.9. The zero-order chi connectivity index (χ0) is 14.4. The lowest BCUT2D eigenvalue weighted by molar-refractivity contribution is -0.121. The van der Waals surface area contributed by atoms with E-state index in [1.807, 2.05) is 0 Å². The molecule has 0 saturated carbocycles. The van der Waals surface area contributed by atoms with Crippen LogP contribution in [0.3, 0.4) is 0 Å². The van der Waals surface area contributed by atoms with Crippen molar-refractivity contribution >= 4 is 29.1 Å². The minimum absolute atomic E-state index is 0.0234. The van der Waals surface area contributed by atoms with E-state index in [1.54, 1.807) is 18.2 Å². The third-order valence-electron chi connectivity index (χ3n) is 2.75. The quantitative estimate of drug-likeness (QED) is 0.848. The van der Waals surface area contributed by atoms with Crippen molar-refractivity contribution in [2.45, 2.75) is 32.7 Å². The van der Waals surface area contributed by atoms with Gasteiger partial charge in [0.1, 0.15) is 0 Å². The molecule has 3 N–H and O–H groups in total. The maximum Gasteiger partial charge on any atom is 0.224 e. The van der Waals surface area contributed by atoms with Gasteiger partial charge in [-0.15, -0.1) is 0 Å². The Labute approximate surface area is 124 Å². The third kappa shape index (κ3) is 5.81. The summed E-state index contributed by atoms with van der Waals surface area (Å²) in [6, 6.07) is 5.23. The molecule has 0 aromatic heterocycles. The molecule has 0 aliphatic rings. The van der Waals surface area contributed by atoms with E-state index < -0.39 is 0 Å². The maximum absolute atomic E-state index is 11.9. The van der Waals surface area contributed by atoms with Crippen LogP contribution in [0.4, 0.5) is 0 Å². The van der Waals surface area contributed by atoms with Crippen LogP contribution in [0.2, 0.25) is 10.0 Å². The van der Waals surface area contributed by atoms with Gasteiger partial charge in [0.05, 0.1) is 16.5 Å². The van der Waals surface area contributed by atoms with Gasteiger partial charge in [-0.05, 0) is 30.0 Å². The largest absolute Gasteiger partial charge is 0.352 e. The van der Waals surface area contributed by atoms with E-state index in [4.69, 9.17) is 28.9 Å². The SMILES string of the molecule is CC(C)CC(CN)NC(=O)Cc1ccc(Cl)c(Cl)c1. The third-order valence-corrected chi connectivity index (χ3v) is 3.49. The number of hydrogen-bond acceptors (Lipinski definition) is 2. The molecule has 1 aromatic carbocycles. The summed E-state index contributed by atoms with van der Waals surface area (Å²) in [6.45, 7) is 4.66. The fourth-order valence-corrected chi connectivity index (χ4v) is 2.22. The van der Waals surface area contributed by atoms with Crippen molar-refractivity contribution in [2.24, 2.45) is 11.7 Å². The number of carbonyl (C=O) groups excluding carboxylic acids is 1. The molecule has 0 aliphatic heterocycles. The number of amides is 1. The van der Waals surface area contributed by atoms with E-state index in [2.05, 4.69) is 19.2 Å². The minimum atomic E-state index is -0.0468. The van der Waals surface area contributed by atoms with Crippen LogP contribution in [0.1, 0.15) is 25.8 Å². The lowest BCUT2D eigenvalue weighted by Gasteiger charge is -2.18. The van der Waals surface area contributed by atoms with Gasteiger partial charge in [0.15, 0.2) is 0 Å². The van der Waals surface area contributed by atoms with Gasteiger partial charge >= 0.3 is 0 Å². The molecule has 1 aromatic rings. The predicted molar refractivity (Wildman–Crippen MR) is 80.6 cm³/mol. The Morgan fingerprint density at radius 3 is 2.53 bits per heavy atom. The first-order valence-corrected chi connectivity index (χ1v) is 7.11. The normalized spacial score (nSPS) is 12.5. The summed E-state index contributed by atoms with van der Waals surface area (Å²) >= 11 is 11.7. The van der Waals surface area contributed by atoms with E-state index in [0.717, 1.165) is 12.0 Å². The van der Waals surface area contributed by atoms with Gasteiger partial charge in [0.2, 0.25) is 5.91 Å². The maximum atomic E-state index is 11.9. The average Bonchev–Trinajstić information content (AvgIpc) is 2.32. The van der Waals surface area contributed by atoms with Crippen molar-refractivity contribution in [3.8, 4) is 0 Å². The molecule has 1 amide bonds. The Morgan fingerprint density at radius 2 is 2.00 bits per heavy atom. The number of carbonyl (C=O) groups is 1. The van der Waals surface area contributed by atoms with Gasteiger partial charge in [0.25, 0.3) is 0 Å². The standard InChI is InChI=1S/C14H20Cl2N2O/c1-9(2)5-11(8-17)18-14(19)7-10-3-4-12(15)13(16)6-10/h3-4,6,9,11H,5,7-8,17H2,1-2H3,(H,18,19). The molecule has 1 atom stereocenters. The van der Waals surface area contributed by atoms with Crippen molar-refractivity contribution in [1.29, 1.82) is 0 Å². The summed E-state index contributed by atoms with van der Waals surface area (Å²) < 4.78 is 0. The Hall–Kier alpha value is -0.770. The monoisotopic (exact) mass is 302 g/mol. The van der Waals surface area contributed by atoms with E-state index in [9.17, 15) is 4.79 Å². The number of halogens is 2. The zero-order valence-corrected chi connectivity index (χ0v) is 12.8. The van der Waals surface area contributed by atoms with Crippen LogP contribution < -0.4 is 11.1 Å². The van der Waals surface area contributed by atoms with Crippen LogP contribution in [0, 0.1) is 5.92 Å². The zero-order valence-electron chi connectivity index (χ0n) is 11.2. The Kier molecular flexibility index (Phi) is 6.63. The number of rotatable bonds is 6. The van der Waals surface area contributed by atoms with Crippen molar-refractivity contribution in [3.05, 3.63) is 33.8 Å². The first-order chi connectivity index (χ1) is 8.92. The van der Waals surface area contributed by atoms with Crippen molar-refractivity contribution in [1.82, 2.24) is 5.32 Å². The van der Waals surface area contributed by atoms with E-state index >= 15 is 0 Å². The number of nitrogens with two attached hydrogens (primary N) is 1. The molecule has 0 saturated heterocycles. The molecule has 0 heterocycles. The van der Waals surface area contributed by atoms with Crippen LogP contribution in [-0.4, -0.2) is 18.5 Å². The molecule has 1 unspecified atom stereocenters. The molecule has 3 nitrogen and oxygen atoms in total. The molecule has 0 radical (unpaired) electrons. The first kappa shape index (κ1) is 16.3. The van der Waals surface area contributed by atoms with Crippen molar-refractivity contribution < 1.29 is 4.79 Å². The van der Waals surface area contributed by atoms with Crippen molar-refractivity contribution in [3.63, 3.8) is 0 Å². The number of hydrogen-bond donors (Lipinski definition) is 2. The summed E-state index contributed by atoms with van der Waals surface area (Å²) in [5.41, 5.74) is 6.49. The van der Waals surface area contributed by atoms with Gasteiger partial charge in [0, 0.05) is 12.6 Å². The molecule has 106 valence electrons. The first-order valence-electron chi connectivity index (χ1n) is 6.35. The van der Waals surface area contributed by atoms with Crippen LogP contribution in [0.15, 0.2) is 18.2 Å². The predicted octanol–water partition coefficient (Wildman–Crippen LogP) is 3.03. The molecule has 0 aliphatic carbocycles. The van der Waals surface area contributed by atoms with Gasteiger partial charge in [-0.1, -0.05) is 43.1 Å². The molecule has 0 bridgehead atoms. The second-order valence-corrected chi connectivity index (χ2v) is 5.87. The van der Waals surface area contributed by atoms with Crippen LogP contribution in [0.5, 0.6) is 0 Å². The summed E-state index contributed by atoms with van der Waals surface area (Å²) in [6.07, 6.45) is 1.16.